The quantitative estimate of drug-likeness (QED) is 0.280. The van der Waals surface area contributed by atoms with Crippen molar-refractivity contribution < 1.29 is 4.39 Å². The Hall–Kier alpha value is -3.66. The Balaban J connectivity index is 2.02. The molecule has 1 atom stereocenters. The molecule has 4 N–H and O–H groups in total. The minimum Gasteiger partial charge on any atom is -0.369 e. The van der Waals surface area contributed by atoms with Gasteiger partial charge in [0.2, 0.25) is 5.96 Å². The van der Waals surface area contributed by atoms with Gasteiger partial charge in [0, 0.05) is 16.6 Å². The number of hydrogen-bond donors (Lipinski definition) is 3. The molecule has 0 fully saturated rings. The Morgan fingerprint density at radius 3 is 2.71 bits per heavy atom. The van der Waals surface area contributed by atoms with Gasteiger partial charge in [-0.1, -0.05) is 38.1 Å². The third kappa shape index (κ3) is 3.86. The number of benzene rings is 2. The average Bonchev–Trinajstić information content (AvgIpc) is 2.66. The first-order valence-corrected chi connectivity index (χ1v) is 8.81. The molecular weight excluding hydrogens is 357 g/mol. The van der Waals surface area contributed by atoms with Crippen LogP contribution in [-0.2, 0) is 0 Å². The summed E-state index contributed by atoms with van der Waals surface area (Å²) < 4.78 is 14.1. The van der Waals surface area contributed by atoms with Crippen LogP contribution in [0.25, 0.3) is 22.0 Å². The second-order valence-electron chi connectivity index (χ2n) is 6.77. The number of nitrogens with one attached hydrogen (secondary N) is 2. The number of rotatable bonds is 4. The minimum absolute atomic E-state index is 0.0132. The van der Waals surface area contributed by atoms with Crippen molar-refractivity contribution in [1.29, 1.82) is 5.26 Å². The molecule has 0 saturated heterocycles. The fourth-order valence-corrected chi connectivity index (χ4v) is 3.11. The molecule has 0 aliphatic carbocycles. The van der Waals surface area contributed by atoms with E-state index in [1.165, 1.54) is 6.07 Å². The lowest BCUT2D eigenvalue weighted by molar-refractivity contribution is 0.511. The van der Waals surface area contributed by atoms with Gasteiger partial charge in [-0.2, -0.15) is 5.26 Å². The molecule has 0 saturated carbocycles. The summed E-state index contributed by atoms with van der Waals surface area (Å²) in [7, 11) is 0. The van der Waals surface area contributed by atoms with E-state index in [9.17, 15) is 9.18 Å². The highest BCUT2D eigenvalue weighted by molar-refractivity contribution is 5.87. The normalized spacial score (nSPS) is 12.8. The molecule has 3 aromatic rings. The van der Waals surface area contributed by atoms with Gasteiger partial charge < -0.3 is 10.7 Å². The fourth-order valence-electron chi connectivity index (χ4n) is 3.11. The molecule has 142 valence electrons. The van der Waals surface area contributed by atoms with Crippen molar-refractivity contribution in [3.05, 3.63) is 70.3 Å². The first kappa shape index (κ1) is 19.1. The number of aliphatic imine (C=N–C) groups is 1. The summed E-state index contributed by atoms with van der Waals surface area (Å²) in [6.45, 7) is 3.82. The van der Waals surface area contributed by atoms with Gasteiger partial charge in [0.05, 0.1) is 6.04 Å². The second kappa shape index (κ2) is 7.92. The van der Waals surface area contributed by atoms with Crippen molar-refractivity contribution >= 4 is 16.7 Å². The lowest BCUT2D eigenvalue weighted by atomic mass is 9.97. The molecule has 0 aliphatic rings. The van der Waals surface area contributed by atoms with Gasteiger partial charge in [-0.05, 0) is 41.1 Å². The molecule has 2 aromatic carbocycles. The van der Waals surface area contributed by atoms with Crippen LogP contribution in [0.2, 0.25) is 0 Å². The monoisotopic (exact) mass is 377 g/mol. The van der Waals surface area contributed by atoms with Crippen LogP contribution in [0.5, 0.6) is 0 Å². The molecule has 3 rings (SSSR count). The number of pyridine rings is 1. The molecule has 1 aromatic heterocycles. The van der Waals surface area contributed by atoms with E-state index in [-0.39, 0.29) is 23.3 Å². The van der Waals surface area contributed by atoms with Crippen LogP contribution in [0.3, 0.4) is 0 Å². The molecule has 0 amide bonds. The van der Waals surface area contributed by atoms with E-state index < -0.39 is 6.04 Å². The van der Waals surface area contributed by atoms with Gasteiger partial charge >= 0.3 is 0 Å². The highest BCUT2D eigenvalue weighted by Crippen LogP contribution is 2.27. The fraction of sp³-hybridized carbons (Fsp3) is 0.190. The molecule has 1 heterocycles. The van der Waals surface area contributed by atoms with Crippen molar-refractivity contribution in [2.75, 3.05) is 0 Å². The van der Waals surface area contributed by atoms with E-state index in [1.54, 1.807) is 30.5 Å². The van der Waals surface area contributed by atoms with Crippen molar-refractivity contribution in [2.24, 2.45) is 16.6 Å². The van der Waals surface area contributed by atoms with Crippen LogP contribution in [0, 0.1) is 23.2 Å². The van der Waals surface area contributed by atoms with Crippen LogP contribution in [0.15, 0.2) is 58.3 Å². The van der Waals surface area contributed by atoms with Crippen LogP contribution in [-0.4, -0.2) is 10.9 Å². The summed E-state index contributed by atoms with van der Waals surface area (Å²) in [5.41, 5.74) is 7.08. The molecule has 0 aliphatic heterocycles. The van der Waals surface area contributed by atoms with Crippen LogP contribution < -0.4 is 16.6 Å². The smallest absolute Gasteiger partial charge is 0.253 e. The molecule has 6 nitrogen and oxygen atoms in total. The number of nitriles is 1. The minimum atomic E-state index is -0.507. The van der Waals surface area contributed by atoms with E-state index in [0.29, 0.717) is 22.2 Å². The summed E-state index contributed by atoms with van der Waals surface area (Å²) in [6.07, 6.45) is 1.71. The van der Waals surface area contributed by atoms with Crippen molar-refractivity contribution in [1.82, 2.24) is 10.3 Å². The lowest BCUT2D eigenvalue weighted by Crippen LogP contribution is -2.30. The third-order valence-corrected chi connectivity index (χ3v) is 4.49. The van der Waals surface area contributed by atoms with Gasteiger partial charge in [0.1, 0.15) is 5.82 Å². The Labute approximate surface area is 161 Å². The predicted molar refractivity (Wildman–Crippen MR) is 108 cm³/mol. The number of halogens is 1. The van der Waals surface area contributed by atoms with Gasteiger partial charge in [-0.15, -0.1) is 0 Å². The Bertz CT molecular complexity index is 1140. The van der Waals surface area contributed by atoms with Crippen molar-refractivity contribution in [3.63, 3.8) is 0 Å². The maximum Gasteiger partial charge on any atom is 0.253 e. The zero-order chi connectivity index (χ0) is 20.3. The molecule has 0 radical (unpaired) electrons. The number of aromatic amines is 1. The SMILES string of the molecule is CC(C)C(N=C(N)NC#N)c1ccc(-c2ccc3cccc(F)c3c2)[nH]c1=O. The number of H-pyrrole nitrogens is 1. The van der Waals surface area contributed by atoms with Gasteiger partial charge in [0.15, 0.2) is 6.19 Å². The Morgan fingerprint density at radius 2 is 2.04 bits per heavy atom. The van der Waals surface area contributed by atoms with Crippen LogP contribution in [0.4, 0.5) is 4.39 Å². The Kier molecular flexibility index (Phi) is 5.41. The van der Waals surface area contributed by atoms with Gasteiger partial charge in [-0.25, -0.2) is 9.38 Å². The van der Waals surface area contributed by atoms with Crippen LogP contribution in [0.1, 0.15) is 25.5 Å². The van der Waals surface area contributed by atoms with E-state index in [0.717, 1.165) is 5.39 Å². The van der Waals surface area contributed by atoms with Crippen molar-refractivity contribution in [2.45, 2.75) is 19.9 Å². The number of nitrogens with zero attached hydrogens (tertiary/aromatic N) is 2. The first-order chi connectivity index (χ1) is 13.4. The highest BCUT2D eigenvalue weighted by atomic mass is 19.1. The van der Waals surface area contributed by atoms with Crippen molar-refractivity contribution in [3.8, 4) is 17.5 Å². The summed E-state index contributed by atoms with van der Waals surface area (Å²) in [4.78, 5) is 19.8. The highest BCUT2D eigenvalue weighted by Gasteiger charge is 2.19. The first-order valence-electron chi connectivity index (χ1n) is 8.81. The van der Waals surface area contributed by atoms with E-state index >= 15 is 0 Å². The molecular formula is C21H20FN5O. The third-order valence-electron chi connectivity index (χ3n) is 4.49. The number of fused-ring (bicyclic) bond motifs is 1. The number of nitrogens with two attached hydrogens (primary N) is 1. The van der Waals surface area contributed by atoms with E-state index in [2.05, 4.69) is 15.3 Å². The molecule has 0 bridgehead atoms. The maximum atomic E-state index is 14.1. The van der Waals surface area contributed by atoms with E-state index in [4.69, 9.17) is 11.0 Å². The van der Waals surface area contributed by atoms with E-state index in [1.807, 2.05) is 32.0 Å². The van der Waals surface area contributed by atoms with Crippen LogP contribution >= 0.6 is 0 Å². The average molecular weight is 377 g/mol. The lowest BCUT2D eigenvalue weighted by Gasteiger charge is -2.17. The largest absolute Gasteiger partial charge is 0.369 e. The standard InChI is InChI=1S/C21H20FN5O/c1-12(2)19(27-21(24)25-11-23)15-8-9-18(26-20(15)28)14-7-6-13-4-3-5-17(22)16(13)10-14/h3-10,12,19H,1-2H3,(H,26,28)(H3,24,25,27). The molecule has 0 spiro atoms. The molecule has 28 heavy (non-hydrogen) atoms. The molecule has 7 heteroatoms. The van der Waals surface area contributed by atoms with Gasteiger partial charge in [0.25, 0.3) is 5.56 Å². The summed E-state index contributed by atoms with van der Waals surface area (Å²) in [6, 6.07) is 13.2. The summed E-state index contributed by atoms with van der Waals surface area (Å²) in [5.74, 6) is -0.372. The number of aromatic nitrogens is 1. The van der Waals surface area contributed by atoms with Gasteiger partial charge in [-0.3, -0.25) is 10.1 Å². The topological polar surface area (TPSA) is 107 Å². The molecule has 1 unspecified atom stereocenters. The Morgan fingerprint density at radius 1 is 1.25 bits per heavy atom. The predicted octanol–water partition coefficient (Wildman–Crippen LogP) is 3.42. The second-order valence-corrected chi connectivity index (χ2v) is 6.77. The zero-order valence-electron chi connectivity index (χ0n) is 15.5. The maximum absolute atomic E-state index is 14.1. The number of hydrogen-bond acceptors (Lipinski definition) is 3. The summed E-state index contributed by atoms with van der Waals surface area (Å²) in [5, 5.41) is 12.2. The number of guanidine groups is 1. The summed E-state index contributed by atoms with van der Waals surface area (Å²) >= 11 is 0. The zero-order valence-corrected chi connectivity index (χ0v) is 15.5.